The van der Waals surface area contributed by atoms with Gasteiger partial charge in [0.05, 0.1) is 12.1 Å². The van der Waals surface area contributed by atoms with Gasteiger partial charge in [-0.05, 0) is 18.2 Å². The molecular weight excluding hydrogens is 316 g/mol. The maximum atomic E-state index is 12.3. The van der Waals surface area contributed by atoms with Gasteiger partial charge in [-0.1, -0.05) is 0 Å². The van der Waals surface area contributed by atoms with Crippen LogP contribution < -0.4 is 9.47 Å². The lowest BCUT2D eigenvalue weighted by Crippen LogP contribution is -2.32. The van der Waals surface area contributed by atoms with Crippen molar-refractivity contribution < 1.29 is 14.3 Å². The van der Waals surface area contributed by atoms with Crippen molar-refractivity contribution in [1.29, 1.82) is 10.5 Å². The average Bonchev–Trinajstić information content (AvgIpc) is 3.22. The van der Waals surface area contributed by atoms with Crippen molar-refractivity contribution in [1.82, 2.24) is 9.88 Å². The molecule has 0 saturated carbocycles. The number of thiazole rings is 1. The molecule has 0 unspecified atom stereocenters. The highest BCUT2D eigenvalue weighted by Crippen LogP contribution is 2.36. The van der Waals surface area contributed by atoms with E-state index in [9.17, 15) is 4.79 Å². The Morgan fingerprint density at radius 1 is 1.26 bits per heavy atom. The summed E-state index contributed by atoms with van der Waals surface area (Å²) in [5.41, 5.74) is 1.03. The fraction of sp³-hybridized carbons (Fsp3) is 0.200. The number of benzene rings is 1. The minimum absolute atomic E-state index is 0.150. The second kappa shape index (κ2) is 6.34. The van der Waals surface area contributed by atoms with E-state index in [1.807, 2.05) is 18.2 Å². The minimum atomic E-state index is -0.434. The van der Waals surface area contributed by atoms with Crippen LogP contribution in [0.1, 0.15) is 10.5 Å². The van der Waals surface area contributed by atoms with Gasteiger partial charge in [0.2, 0.25) is 6.79 Å². The number of carbonyl (C=O) groups is 1. The quantitative estimate of drug-likeness (QED) is 0.797. The summed E-state index contributed by atoms with van der Waals surface area (Å²) < 4.78 is 10.6. The average molecular weight is 326 g/mol. The van der Waals surface area contributed by atoms with Gasteiger partial charge in [-0.3, -0.25) is 4.79 Å². The molecule has 0 N–H and O–H groups in total. The number of nitrogens with zero attached hydrogens (tertiary/aromatic N) is 4. The summed E-state index contributed by atoms with van der Waals surface area (Å²) in [6.07, 6.45) is 0. The molecule has 0 radical (unpaired) electrons. The van der Waals surface area contributed by atoms with E-state index < -0.39 is 5.91 Å². The summed E-state index contributed by atoms with van der Waals surface area (Å²) in [5.74, 6) is 0.883. The molecule has 0 bridgehead atoms. The summed E-state index contributed by atoms with van der Waals surface area (Å²) in [4.78, 5) is 17.7. The normalized spacial score (nSPS) is 11.6. The number of rotatable bonds is 4. The van der Waals surface area contributed by atoms with E-state index in [1.165, 1.54) is 11.3 Å². The zero-order valence-corrected chi connectivity index (χ0v) is 12.7. The van der Waals surface area contributed by atoms with Crippen LogP contribution in [0.5, 0.6) is 11.5 Å². The number of ether oxygens (including phenoxy) is 2. The van der Waals surface area contributed by atoms with Gasteiger partial charge in [0.25, 0.3) is 5.91 Å². The van der Waals surface area contributed by atoms with Crippen LogP contribution in [0.4, 0.5) is 0 Å². The van der Waals surface area contributed by atoms with Crippen LogP contribution in [0, 0.1) is 22.7 Å². The highest BCUT2D eigenvalue weighted by Gasteiger charge is 2.20. The zero-order chi connectivity index (χ0) is 16.2. The van der Waals surface area contributed by atoms with E-state index in [4.69, 9.17) is 20.0 Å². The molecule has 0 spiro atoms. The van der Waals surface area contributed by atoms with Crippen molar-refractivity contribution in [2.75, 3.05) is 19.9 Å². The van der Waals surface area contributed by atoms with Crippen molar-refractivity contribution >= 4 is 17.2 Å². The van der Waals surface area contributed by atoms with Gasteiger partial charge >= 0.3 is 0 Å². The van der Waals surface area contributed by atoms with Crippen LogP contribution in [0.25, 0.3) is 10.6 Å². The van der Waals surface area contributed by atoms with Crippen LogP contribution in [0.15, 0.2) is 23.6 Å². The first-order chi connectivity index (χ1) is 11.2. The topological polar surface area (TPSA) is 99.2 Å². The van der Waals surface area contributed by atoms with Crippen LogP contribution in [-0.4, -0.2) is 35.7 Å². The molecule has 1 aromatic heterocycles. The SMILES string of the molecule is N#CCN(CC#N)C(=O)c1csc(-c2ccc3c(c2)OCO3)n1. The number of nitriles is 2. The zero-order valence-electron chi connectivity index (χ0n) is 11.9. The van der Waals surface area contributed by atoms with Crippen LogP contribution in [0.2, 0.25) is 0 Å². The summed E-state index contributed by atoms with van der Waals surface area (Å²) >= 11 is 1.31. The molecule has 7 nitrogen and oxygen atoms in total. The van der Waals surface area contributed by atoms with Crippen molar-refractivity contribution in [3.05, 3.63) is 29.3 Å². The molecule has 8 heteroatoms. The predicted molar refractivity (Wildman–Crippen MR) is 80.8 cm³/mol. The number of hydrogen-bond acceptors (Lipinski definition) is 7. The number of hydrogen-bond donors (Lipinski definition) is 0. The summed E-state index contributed by atoms with van der Waals surface area (Å²) in [7, 11) is 0. The lowest BCUT2D eigenvalue weighted by Gasteiger charge is -2.13. The number of amides is 1. The summed E-state index contributed by atoms with van der Waals surface area (Å²) in [6.45, 7) is -0.107. The van der Waals surface area contributed by atoms with Gasteiger partial charge in [-0.15, -0.1) is 11.3 Å². The van der Waals surface area contributed by atoms with Gasteiger partial charge in [0.1, 0.15) is 23.8 Å². The molecule has 23 heavy (non-hydrogen) atoms. The number of aromatic nitrogens is 1. The van der Waals surface area contributed by atoms with Gasteiger partial charge in [-0.25, -0.2) is 4.98 Å². The Kier molecular flexibility index (Phi) is 4.09. The van der Waals surface area contributed by atoms with E-state index in [0.29, 0.717) is 16.5 Å². The maximum absolute atomic E-state index is 12.3. The number of fused-ring (bicyclic) bond motifs is 1. The maximum Gasteiger partial charge on any atom is 0.275 e. The van der Waals surface area contributed by atoms with E-state index in [2.05, 4.69) is 4.98 Å². The van der Waals surface area contributed by atoms with E-state index in [0.717, 1.165) is 10.5 Å². The molecule has 0 fully saturated rings. The molecule has 3 rings (SSSR count). The lowest BCUT2D eigenvalue weighted by molar-refractivity contribution is 0.0790. The van der Waals surface area contributed by atoms with Crippen molar-refractivity contribution in [3.8, 4) is 34.2 Å². The van der Waals surface area contributed by atoms with Crippen LogP contribution in [-0.2, 0) is 0 Å². The van der Waals surface area contributed by atoms with Crippen molar-refractivity contribution in [2.45, 2.75) is 0 Å². The Hall–Kier alpha value is -3.10. The molecule has 0 atom stereocenters. The lowest BCUT2D eigenvalue weighted by atomic mass is 10.2. The van der Waals surface area contributed by atoms with Gasteiger partial charge < -0.3 is 14.4 Å². The molecule has 1 aliphatic rings. The Morgan fingerprint density at radius 2 is 2.00 bits per heavy atom. The molecule has 2 aromatic rings. The number of carbonyl (C=O) groups excluding carboxylic acids is 1. The summed E-state index contributed by atoms with van der Waals surface area (Å²) in [5, 5.41) is 19.7. The van der Waals surface area contributed by atoms with Crippen molar-refractivity contribution in [2.24, 2.45) is 0 Å². The van der Waals surface area contributed by atoms with Crippen LogP contribution >= 0.6 is 11.3 Å². The van der Waals surface area contributed by atoms with E-state index in [-0.39, 0.29) is 25.6 Å². The predicted octanol–water partition coefficient (Wildman–Crippen LogP) is 2.03. The van der Waals surface area contributed by atoms with Gasteiger partial charge in [-0.2, -0.15) is 10.5 Å². The monoisotopic (exact) mass is 326 g/mol. The second-order valence-electron chi connectivity index (χ2n) is 4.58. The Balaban J connectivity index is 1.84. The Bertz CT molecular complexity index is 818. The van der Waals surface area contributed by atoms with Gasteiger partial charge in [0.15, 0.2) is 11.5 Å². The first-order valence-electron chi connectivity index (χ1n) is 6.61. The first-order valence-corrected chi connectivity index (χ1v) is 7.49. The Labute approximate surface area is 135 Å². The fourth-order valence-electron chi connectivity index (χ4n) is 2.07. The largest absolute Gasteiger partial charge is 0.454 e. The first kappa shape index (κ1) is 14.8. The highest BCUT2D eigenvalue weighted by molar-refractivity contribution is 7.13. The molecule has 1 aromatic carbocycles. The molecule has 1 aliphatic heterocycles. The third kappa shape index (κ3) is 2.93. The smallest absolute Gasteiger partial charge is 0.275 e. The summed E-state index contributed by atoms with van der Waals surface area (Å²) in [6, 6.07) is 9.17. The van der Waals surface area contributed by atoms with Crippen LogP contribution in [0.3, 0.4) is 0 Å². The molecule has 2 heterocycles. The molecule has 114 valence electrons. The third-order valence-electron chi connectivity index (χ3n) is 3.15. The molecule has 0 aliphatic carbocycles. The highest BCUT2D eigenvalue weighted by atomic mass is 32.1. The molecule has 0 saturated heterocycles. The third-order valence-corrected chi connectivity index (χ3v) is 4.04. The molecular formula is C15H10N4O3S. The second-order valence-corrected chi connectivity index (χ2v) is 5.44. The Morgan fingerprint density at radius 3 is 2.74 bits per heavy atom. The standard InChI is InChI=1S/C15H10N4O3S/c16-3-5-19(6-4-17)15(20)11-8-23-14(18-11)10-1-2-12-13(7-10)22-9-21-12/h1-2,7-8H,5-6,9H2. The van der Waals surface area contributed by atoms with E-state index >= 15 is 0 Å². The van der Waals surface area contributed by atoms with Gasteiger partial charge in [0, 0.05) is 10.9 Å². The molecule has 1 amide bonds. The van der Waals surface area contributed by atoms with E-state index in [1.54, 1.807) is 17.5 Å². The van der Waals surface area contributed by atoms with Crippen molar-refractivity contribution in [3.63, 3.8) is 0 Å². The fourth-order valence-corrected chi connectivity index (χ4v) is 2.86. The minimum Gasteiger partial charge on any atom is -0.454 e.